The van der Waals surface area contributed by atoms with Crippen LogP contribution in [0.3, 0.4) is 0 Å². The highest BCUT2D eigenvalue weighted by Gasteiger charge is 2.15. The smallest absolute Gasteiger partial charge is 0.251 e. The van der Waals surface area contributed by atoms with Gasteiger partial charge in [0.1, 0.15) is 5.82 Å². The molecule has 3 aromatic rings. The van der Waals surface area contributed by atoms with E-state index in [0.29, 0.717) is 30.2 Å². The third-order valence-electron chi connectivity index (χ3n) is 4.59. The fraction of sp³-hybridized carbons (Fsp3) is 0.455. The number of ether oxygens (including phenoxy) is 2. The lowest BCUT2D eigenvalue weighted by atomic mass is 10.2. The fourth-order valence-corrected chi connectivity index (χ4v) is 3.79. The average molecular weight is 459 g/mol. The summed E-state index contributed by atoms with van der Waals surface area (Å²) in [4.78, 5) is 21.9. The number of benzene rings is 1. The van der Waals surface area contributed by atoms with Crippen LogP contribution < -0.4 is 20.1 Å². The van der Waals surface area contributed by atoms with Gasteiger partial charge in [0.15, 0.2) is 22.3 Å². The van der Waals surface area contributed by atoms with Crippen LogP contribution in [0.5, 0.6) is 11.5 Å². The maximum atomic E-state index is 12.6. The standard InChI is InChI=1S/C22H30N6O3S/c1-6-11-32-22-26-19(25-14(2)3)16-13-24-28(20(16)27-22)10-9-23-21(29)15-7-8-17(30-4)18(12-15)31-5/h7-8,12-14H,6,9-11H2,1-5H3,(H,23,29)(H,25,26,27). The minimum atomic E-state index is -0.196. The zero-order valence-electron chi connectivity index (χ0n) is 19.1. The number of fused-ring (bicyclic) bond motifs is 1. The molecule has 0 radical (unpaired) electrons. The molecule has 2 heterocycles. The number of thioether (sulfide) groups is 1. The van der Waals surface area contributed by atoms with Gasteiger partial charge >= 0.3 is 0 Å². The van der Waals surface area contributed by atoms with Crippen molar-refractivity contribution in [2.45, 2.75) is 44.9 Å². The first-order valence-corrected chi connectivity index (χ1v) is 11.6. The number of nitrogens with one attached hydrogen (secondary N) is 2. The Hall–Kier alpha value is -3.01. The number of hydrogen-bond acceptors (Lipinski definition) is 8. The predicted molar refractivity (Wildman–Crippen MR) is 127 cm³/mol. The van der Waals surface area contributed by atoms with Gasteiger partial charge in [-0.05, 0) is 38.5 Å². The minimum Gasteiger partial charge on any atom is -0.493 e. The number of aromatic nitrogens is 4. The molecule has 0 aliphatic rings. The van der Waals surface area contributed by atoms with Crippen molar-refractivity contribution in [2.24, 2.45) is 0 Å². The molecule has 1 aromatic carbocycles. The molecule has 10 heteroatoms. The molecule has 0 aliphatic heterocycles. The summed E-state index contributed by atoms with van der Waals surface area (Å²) in [5, 5.41) is 12.4. The Morgan fingerprint density at radius 2 is 1.97 bits per heavy atom. The molecule has 0 atom stereocenters. The van der Waals surface area contributed by atoms with Crippen LogP contribution in [0.4, 0.5) is 5.82 Å². The molecule has 9 nitrogen and oxygen atoms in total. The second-order valence-corrected chi connectivity index (χ2v) is 8.50. The van der Waals surface area contributed by atoms with E-state index in [1.165, 1.54) is 0 Å². The predicted octanol–water partition coefficient (Wildman–Crippen LogP) is 3.60. The van der Waals surface area contributed by atoms with Crippen molar-refractivity contribution < 1.29 is 14.3 Å². The first kappa shape index (κ1) is 23.6. The van der Waals surface area contributed by atoms with Crippen molar-refractivity contribution in [1.29, 1.82) is 0 Å². The third kappa shape index (κ3) is 5.61. The quantitative estimate of drug-likeness (QED) is 0.332. The molecule has 32 heavy (non-hydrogen) atoms. The maximum Gasteiger partial charge on any atom is 0.251 e. The lowest BCUT2D eigenvalue weighted by Crippen LogP contribution is -2.27. The van der Waals surface area contributed by atoms with E-state index in [2.05, 4.69) is 41.5 Å². The summed E-state index contributed by atoms with van der Waals surface area (Å²) in [6.45, 7) is 7.16. The molecular weight excluding hydrogens is 428 g/mol. The Bertz CT molecular complexity index is 1070. The van der Waals surface area contributed by atoms with Crippen LogP contribution >= 0.6 is 11.8 Å². The Kier molecular flexibility index (Phi) is 8.15. The van der Waals surface area contributed by atoms with Gasteiger partial charge in [-0.3, -0.25) is 4.79 Å². The van der Waals surface area contributed by atoms with Crippen molar-refractivity contribution in [2.75, 3.05) is 31.8 Å². The highest BCUT2D eigenvalue weighted by Crippen LogP contribution is 2.28. The number of rotatable bonds is 11. The van der Waals surface area contributed by atoms with E-state index in [-0.39, 0.29) is 11.9 Å². The Labute approximate surface area is 192 Å². The summed E-state index contributed by atoms with van der Waals surface area (Å²) < 4.78 is 12.3. The van der Waals surface area contributed by atoms with Crippen molar-refractivity contribution in [1.82, 2.24) is 25.1 Å². The average Bonchev–Trinajstić information content (AvgIpc) is 3.19. The van der Waals surface area contributed by atoms with Crippen molar-refractivity contribution in [3.8, 4) is 11.5 Å². The number of hydrogen-bond donors (Lipinski definition) is 2. The van der Waals surface area contributed by atoms with Crippen LogP contribution in [0.15, 0.2) is 29.6 Å². The Balaban J connectivity index is 1.74. The zero-order valence-corrected chi connectivity index (χ0v) is 20.0. The third-order valence-corrected chi connectivity index (χ3v) is 5.64. The van der Waals surface area contributed by atoms with Gasteiger partial charge in [0.25, 0.3) is 5.91 Å². The van der Waals surface area contributed by atoms with Crippen LogP contribution in [0.1, 0.15) is 37.6 Å². The van der Waals surface area contributed by atoms with Crippen LogP contribution in [0.2, 0.25) is 0 Å². The van der Waals surface area contributed by atoms with Crippen LogP contribution in [0.25, 0.3) is 11.0 Å². The molecule has 172 valence electrons. The number of carbonyl (C=O) groups is 1. The van der Waals surface area contributed by atoms with Gasteiger partial charge in [0.2, 0.25) is 0 Å². The molecule has 0 saturated carbocycles. The second kappa shape index (κ2) is 11.0. The van der Waals surface area contributed by atoms with E-state index in [1.807, 2.05) is 0 Å². The number of anilines is 1. The molecule has 1 amide bonds. The van der Waals surface area contributed by atoms with Crippen LogP contribution in [-0.2, 0) is 6.54 Å². The zero-order chi connectivity index (χ0) is 23.1. The maximum absolute atomic E-state index is 12.6. The summed E-state index contributed by atoms with van der Waals surface area (Å²) in [5.41, 5.74) is 1.25. The molecule has 0 aliphatic carbocycles. The summed E-state index contributed by atoms with van der Waals surface area (Å²) in [5.74, 6) is 2.62. The van der Waals surface area contributed by atoms with Crippen molar-refractivity contribution in [3.63, 3.8) is 0 Å². The van der Waals surface area contributed by atoms with Gasteiger partial charge in [0.05, 0.1) is 32.3 Å². The highest BCUT2D eigenvalue weighted by atomic mass is 32.2. The molecule has 2 aromatic heterocycles. The molecule has 0 fully saturated rings. The van der Waals surface area contributed by atoms with Gasteiger partial charge < -0.3 is 20.1 Å². The largest absolute Gasteiger partial charge is 0.493 e. The van der Waals surface area contributed by atoms with E-state index >= 15 is 0 Å². The number of methoxy groups -OCH3 is 2. The molecule has 0 spiro atoms. The SMILES string of the molecule is CCCSc1nc(NC(C)C)c2cnn(CCNC(=O)c3ccc(OC)c(OC)c3)c2n1. The van der Waals surface area contributed by atoms with E-state index < -0.39 is 0 Å². The van der Waals surface area contributed by atoms with E-state index in [0.717, 1.165) is 34.2 Å². The fourth-order valence-electron chi connectivity index (χ4n) is 3.10. The molecule has 0 unspecified atom stereocenters. The minimum absolute atomic E-state index is 0.196. The van der Waals surface area contributed by atoms with E-state index in [4.69, 9.17) is 14.5 Å². The van der Waals surface area contributed by atoms with E-state index in [9.17, 15) is 4.79 Å². The first-order chi connectivity index (χ1) is 15.5. The summed E-state index contributed by atoms with van der Waals surface area (Å²) in [7, 11) is 3.10. The van der Waals surface area contributed by atoms with Gasteiger partial charge in [-0.25, -0.2) is 14.6 Å². The molecular formula is C22H30N6O3S. The highest BCUT2D eigenvalue weighted by molar-refractivity contribution is 7.99. The number of carbonyl (C=O) groups excluding carboxylic acids is 1. The summed E-state index contributed by atoms with van der Waals surface area (Å²) >= 11 is 1.63. The van der Waals surface area contributed by atoms with Crippen molar-refractivity contribution in [3.05, 3.63) is 30.0 Å². The summed E-state index contributed by atoms with van der Waals surface area (Å²) in [6.07, 6.45) is 2.81. The topological polar surface area (TPSA) is 103 Å². The second-order valence-electron chi connectivity index (χ2n) is 7.43. The van der Waals surface area contributed by atoms with Crippen molar-refractivity contribution >= 4 is 34.5 Å². The molecule has 2 N–H and O–H groups in total. The van der Waals surface area contributed by atoms with Gasteiger partial charge in [0, 0.05) is 23.9 Å². The Morgan fingerprint density at radius 1 is 1.19 bits per heavy atom. The van der Waals surface area contributed by atoms with E-state index in [1.54, 1.807) is 55.1 Å². The van der Waals surface area contributed by atoms with Gasteiger partial charge in [-0.15, -0.1) is 0 Å². The normalized spacial score (nSPS) is 11.1. The monoisotopic (exact) mass is 458 g/mol. The first-order valence-electron chi connectivity index (χ1n) is 10.6. The summed E-state index contributed by atoms with van der Waals surface area (Å²) in [6, 6.07) is 5.31. The lowest BCUT2D eigenvalue weighted by Gasteiger charge is -2.12. The molecule has 0 bridgehead atoms. The molecule has 3 rings (SSSR count). The number of amides is 1. The lowest BCUT2D eigenvalue weighted by molar-refractivity contribution is 0.0951. The number of nitrogens with zero attached hydrogens (tertiary/aromatic N) is 4. The van der Waals surface area contributed by atoms with Crippen LogP contribution in [-0.4, -0.2) is 58.2 Å². The van der Waals surface area contributed by atoms with Gasteiger partial charge in [-0.1, -0.05) is 18.7 Å². The molecule has 0 saturated heterocycles. The van der Waals surface area contributed by atoms with Gasteiger partial charge in [-0.2, -0.15) is 5.10 Å². The van der Waals surface area contributed by atoms with Crippen LogP contribution in [0, 0.1) is 0 Å². The Morgan fingerprint density at radius 3 is 2.66 bits per heavy atom.